The van der Waals surface area contributed by atoms with Crippen molar-refractivity contribution in [1.82, 2.24) is 14.9 Å². The van der Waals surface area contributed by atoms with Crippen LogP contribution in [0, 0.1) is 6.42 Å². The van der Waals surface area contributed by atoms with E-state index in [2.05, 4.69) is 34.4 Å². The molecular formula is C12H14N3Rb. The van der Waals surface area contributed by atoms with Gasteiger partial charge in [-0.1, -0.05) is 18.2 Å². The molecule has 1 aromatic carbocycles. The minimum atomic E-state index is 0. The van der Waals surface area contributed by atoms with Gasteiger partial charge in [-0.2, -0.15) is 6.42 Å². The Hall–Kier alpha value is 0.455. The van der Waals surface area contributed by atoms with Crippen molar-refractivity contribution < 1.29 is 58.2 Å². The molecule has 0 amide bonds. The molecule has 2 aromatic rings. The van der Waals surface area contributed by atoms with Crippen LogP contribution >= 0.6 is 0 Å². The molecule has 0 spiro atoms. The molecule has 1 saturated heterocycles. The first-order valence-electron chi connectivity index (χ1n) is 5.33. The zero-order valence-corrected chi connectivity index (χ0v) is 14.7. The summed E-state index contributed by atoms with van der Waals surface area (Å²) in [7, 11) is 2.14. The summed E-state index contributed by atoms with van der Waals surface area (Å²) in [6, 6.07) is 8.53. The first-order chi connectivity index (χ1) is 7.34. The van der Waals surface area contributed by atoms with E-state index in [1.807, 2.05) is 18.2 Å². The normalized spacial score (nSPS) is 21.2. The Morgan fingerprint density at radius 3 is 2.94 bits per heavy atom. The first kappa shape index (κ1) is 12.9. The maximum atomic E-state index is 4.62. The summed E-state index contributed by atoms with van der Waals surface area (Å²) in [6.45, 7) is 1.13. The monoisotopic (exact) mass is 285 g/mol. The molecule has 1 aliphatic rings. The van der Waals surface area contributed by atoms with Gasteiger partial charge in [-0.05, 0) is 25.7 Å². The number of para-hydroxylation sites is 2. The van der Waals surface area contributed by atoms with Crippen molar-refractivity contribution >= 4 is 11.0 Å². The van der Waals surface area contributed by atoms with Crippen LogP contribution in [0.5, 0.6) is 0 Å². The van der Waals surface area contributed by atoms with Crippen molar-refractivity contribution in [3.8, 4) is 0 Å². The van der Waals surface area contributed by atoms with Gasteiger partial charge in [0.1, 0.15) is 0 Å². The van der Waals surface area contributed by atoms with E-state index in [0.717, 1.165) is 29.8 Å². The molecule has 1 atom stereocenters. The van der Waals surface area contributed by atoms with E-state index in [1.54, 1.807) is 0 Å². The third kappa shape index (κ3) is 2.34. The number of aromatic amines is 1. The van der Waals surface area contributed by atoms with Gasteiger partial charge in [0, 0.05) is 0 Å². The number of imidazole rings is 1. The van der Waals surface area contributed by atoms with Crippen molar-refractivity contribution in [1.29, 1.82) is 0 Å². The molecule has 3 nitrogen and oxygen atoms in total. The molecule has 2 heterocycles. The zero-order chi connectivity index (χ0) is 10.3. The fourth-order valence-corrected chi connectivity index (χ4v) is 2.19. The van der Waals surface area contributed by atoms with Crippen LogP contribution in [0.3, 0.4) is 0 Å². The quantitative estimate of drug-likeness (QED) is 0.692. The summed E-state index contributed by atoms with van der Waals surface area (Å²) in [5.74, 6) is 1.07. The predicted octanol–water partition coefficient (Wildman–Crippen LogP) is -0.852. The minimum Gasteiger partial charge on any atom is -0.343 e. The molecule has 1 fully saturated rings. The second kappa shape index (κ2) is 5.40. The smallest absolute Gasteiger partial charge is 0.343 e. The van der Waals surface area contributed by atoms with E-state index in [9.17, 15) is 0 Å². The number of rotatable bonds is 1. The van der Waals surface area contributed by atoms with E-state index in [1.165, 1.54) is 0 Å². The Morgan fingerprint density at radius 1 is 1.44 bits per heavy atom. The zero-order valence-electron chi connectivity index (χ0n) is 9.77. The molecule has 4 heteroatoms. The standard InChI is InChI=1S/C12H14N3.Rb/c1-15-8-4-7-11(15)12-13-9-5-2-3-6-10(9)14-12;/h2-3,5-7,11H,4,8H2,1H3,(H,13,14);/q-1;+1. The number of hydrogen-bond donors (Lipinski definition) is 1. The molecule has 1 unspecified atom stereocenters. The summed E-state index contributed by atoms with van der Waals surface area (Å²) in [6.07, 6.45) is 3.47. The Morgan fingerprint density at radius 2 is 2.25 bits per heavy atom. The van der Waals surface area contributed by atoms with Gasteiger partial charge >= 0.3 is 58.2 Å². The van der Waals surface area contributed by atoms with Crippen LogP contribution < -0.4 is 58.2 Å². The molecule has 0 bridgehead atoms. The van der Waals surface area contributed by atoms with Crippen molar-refractivity contribution in [2.45, 2.75) is 12.5 Å². The van der Waals surface area contributed by atoms with E-state index in [0.29, 0.717) is 6.04 Å². The Bertz CT molecular complexity index is 447. The van der Waals surface area contributed by atoms with Gasteiger partial charge < -0.3 is 16.3 Å². The van der Waals surface area contributed by atoms with Crippen molar-refractivity contribution in [3.63, 3.8) is 0 Å². The average Bonchev–Trinajstić information content (AvgIpc) is 2.82. The molecule has 1 N–H and O–H groups in total. The number of nitrogens with one attached hydrogen (secondary N) is 1. The number of H-pyrrole nitrogens is 1. The molecule has 0 aliphatic carbocycles. The van der Waals surface area contributed by atoms with Crippen molar-refractivity contribution in [2.75, 3.05) is 13.6 Å². The van der Waals surface area contributed by atoms with Crippen LogP contribution in [0.15, 0.2) is 24.3 Å². The number of benzene rings is 1. The Labute approximate surface area is 144 Å². The van der Waals surface area contributed by atoms with E-state index in [4.69, 9.17) is 0 Å². The molecule has 0 saturated carbocycles. The molecule has 78 valence electrons. The van der Waals surface area contributed by atoms with Crippen molar-refractivity contribution in [3.05, 3.63) is 36.5 Å². The fraction of sp³-hybridized carbons (Fsp3) is 0.333. The van der Waals surface area contributed by atoms with Crippen LogP contribution in [0.25, 0.3) is 11.0 Å². The minimum absolute atomic E-state index is 0. The topological polar surface area (TPSA) is 31.9 Å². The SMILES string of the molecule is CN1CC[CH-]C1c1nc2ccccc2[nH]1.[Rb+]. The van der Waals surface area contributed by atoms with Crippen LogP contribution in [0.1, 0.15) is 18.3 Å². The van der Waals surface area contributed by atoms with E-state index >= 15 is 0 Å². The van der Waals surface area contributed by atoms with Crippen LogP contribution in [-0.2, 0) is 0 Å². The van der Waals surface area contributed by atoms with Crippen LogP contribution in [-0.4, -0.2) is 28.5 Å². The number of fused-ring (bicyclic) bond motifs is 1. The number of hydrogen-bond acceptors (Lipinski definition) is 2. The van der Waals surface area contributed by atoms with E-state index < -0.39 is 0 Å². The van der Waals surface area contributed by atoms with Gasteiger partial charge in [-0.25, -0.2) is 4.98 Å². The van der Waals surface area contributed by atoms with Gasteiger partial charge in [-0.15, -0.1) is 0 Å². The number of aromatic nitrogens is 2. The molecule has 0 radical (unpaired) electrons. The largest absolute Gasteiger partial charge is 1.00 e. The van der Waals surface area contributed by atoms with Gasteiger partial charge in [0.15, 0.2) is 0 Å². The predicted molar refractivity (Wildman–Crippen MR) is 60.4 cm³/mol. The molecule has 3 rings (SSSR count). The Balaban J connectivity index is 0.000000963. The summed E-state index contributed by atoms with van der Waals surface area (Å²) in [5, 5.41) is 0. The van der Waals surface area contributed by atoms with Gasteiger partial charge in [0.25, 0.3) is 0 Å². The van der Waals surface area contributed by atoms with Gasteiger partial charge in [0.2, 0.25) is 0 Å². The number of likely N-dealkylation sites (tertiary alicyclic amines) is 1. The van der Waals surface area contributed by atoms with Crippen LogP contribution in [0.4, 0.5) is 0 Å². The average molecular weight is 286 g/mol. The number of nitrogens with zero attached hydrogens (tertiary/aromatic N) is 2. The maximum Gasteiger partial charge on any atom is 1.00 e. The molecular weight excluding hydrogens is 272 g/mol. The van der Waals surface area contributed by atoms with Gasteiger partial charge in [0.05, 0.1) is 16.9 Å². The van der Waals surface area contributed by atoms with Crippen LogP contribution in [0.2, 0.25) is 0 Å². The third-order valence-electron chi connectivity index (χ3n) is 3.03. The second-order valence-electron chi connectivity index (χ2n) is 4.09. The summed E-state index contributed by atoms with van der Waals surface area (Å²) in [4.78, 5) is 10.3. The molecule has 16 heavy (non-hydrogen) atoms. The van der Waals surface area contributed by atoms with Crippen molar-refractivity contribution in [2.24, 2.45) is 0 Å². The second-order valence-corrected chi connectivity index (χ2v) is 4.09. The summed E-state index contributed by atoms with van der Waals surface area (Å²) in [5.41, 5.74) is 2.18. The van der Waals surface area contributed by atoms with E-state index in [-0.39, 0.29) is 58.2 Å². The summed E-state index contributed by atoms with van der Waals surface area (Å²) >= 11 is 0. The molecule has 1 aliphatic heterocycles. The summed E-state index contributed by atoms with van der Waals surface area (Å²) < 4.78 is 0. The maximum absolute atomic E-state index is 4.62. The van der Waals surface area contributed by atoms with Gasteiger partial charge in [-0.3, -0.25) is 0 Å². The molecule has 1 aromatic heterocycles. The first-order valence-corrected chi connectivity index (χ1v) is 5.33. The fourth-order valence-electron chi connectivity index (χ4n) is 2.19. The Kier molecular flexibility index (Phi) is 4.35. The third-order valence-corrected chi connectivity index (χ3v) is 3.03.